The molecule has 0 spiro atoms. The Morgan fingerprint density at radius 1 is 1.43 bits per heavy atom. The van der Waals surface area contributed by atoms with Crippen LogP contribution in [0.15, 0.2) is 16.6 Å². The Hall–Kier alpha value is -0.560. The van der Waals surface area contributed by atoms with E-state index < -0.39 is 6.67 Å². The number of nitrogens with zero attached hydrogens (tertiary/aromatic N) is 1. The van der Waals surface area contributed by atoms with Gasteiger partial charge in [0.25, 0.3) is 0 Å². The fraction of sp³-hybridized carbons (Fsp3) is 0.571. The van der Waals surface area contributed by atoms with Gasteiger partial charge in [-0.3, -0.25) is 9.29 Å². The highest BCUT2D eigenvalue weighted by Crippen LogP contribution is 2.40. The van der Waals surface area contributed by atoms with Crippen LogP contribution in [0.3, 0.4) is 0 Å². The number of phenolic OH excluding ortho intramolecular Hbond substituents is 1. The standard InChI is InChI=1S/C14H20BrFN2O2.ClH/c1-20-13-9-10(15)8-11(14(13)19)12(2-3-16)18-6-4-17-5-7-18;/h8-9,12,17,19H,2-7H2,1H3;1H/t12-;/m1./s1. The first-order valence-electron chi connectivity index (χ1n) is 6.74. The Bertz CT molecular complexity index is 459. The van der Waals surface area contributed by atoms with E-state index in [9.17, 15) is 9.50 Å². The molecule has 2 rings (SSSR count). The van der Waals surface area contributed by atoms with Crippen molar-refractivity contribution in [3.8, 4) is 11.5 Å². The van der Waals surface area contributed by atoms with Gasteiger partial charge < -0.3 is 15.2 Å². The largest absolute Gasteiger partial charge is 0.504 e. The van der Waals surface area contributed by atoms with Gasteiger partial charge in [0.2, 0.25) is 0 Å². The summed E-state index contributed by atoms with van der Waals surface area (Å²) in [6.45, 7) is 3.05. The molecule has 2 N–H and O–H groups in total. The number of ether oxygens (including phenoxy) is 1. The number of hydrogen-bond acceptors (Lipinski definition) is 4. The lowest BCUT2D eigenvalue weighted by atomic mass is 10.00. The third-order valence-corrected chi connectivity index (χ3v) is 4.08. The zero-order valence-corrected chi connectivity index (χ0v) is 14.3. The van der Waals surface area contributed by atoms with Crippen LogP contribution in [0.2, 0.25) is 0 Å². The van der Waals surface area contributed by atoms with E-state index in [1.807, 2.05) is 6.07 Å². The maximum atomic E-state index is 12.9. The van der Waals surface area contributed by atoms with Gasteiger partial charge >= 0.3 is 0 Å². The molecule has 21 heavy (non-hydrogen) atoms. The van der Waals surface area contributed by atoms with Crippen molar-refractivity contribution in [2.24, 2.45) is 0 Å². The number of hydrogen-bond donors (Lipinski definition) is 2. The van der Waals surface area contributed by atoms with Crippen molar-refractivity contribution in [3.63, 3.8) is 0 Å². The maximum absolute atomic E-state index is 12.9. The molecule has 4 nitrogen and oxygen atoms in total. The summed E-state index contributed by atoms with van der Waals surface area (Å²) in [6.07, 6.45) is 0.368. The SMILES string of the molecule is COc1cc(Br)cc([C@@H](CCF)N2CCNCC2)c1O.Cl. The van der Waals surface area contributed by atoms with E-state index in [-0.39, 0.29) is 24.2 Å². The summed E-state index contributed by atoms with van der Waals surface area (Å²) in [5.74, 6) is 0.515. The van der Waals surface area contributed by atoms with Crippen LogP contribution in [-0.2, 0) is 0 Å². The Morgan fingerprint density at radius 2 is 2.10 bits per heavy atom. The number of piperazine rings is 1. The van der Waals surface area contributed by atoms with Gasteiger partial charge in [-0.1, -0.05) is 15.9 Å². The van der Waals surface area contributed by atoms with Crippen molar-refractivity contribution in [2.75, 3.05) is 40.0 Å². The van der Waals surface area contributed by atoms with Gasteiger partial charge in [0.05, 0.1) is 13.8 Å². The predicted octanol–water partition coefficient (Wildman–Crippen LogP) is 2.89. The van der Waals surface area contributed by atoms with E-state index in [1.165, 1.54) is 7.11 Å². The molecular formula is C14H21BrClFN2O2. The van der Waals surface area contributed by atoms with Gasteiger partial charge in [0.15, 0.2) is 11.5 Å². The number of nitrogens with one attached hydrogen (secondary N) is 1. The number of rotatable bonds is 5. The van der Waals surface area contributed by atoms with Crippen molar-refractivity contribution < 1.29 is 14.2 Å². The normalized spacial score (nSPS) is 17.1. The molecule has 7 heteroatoms. The van der Waals surface area contributed by atoms with Crippen LogP contribution in [-0.4, -0.2) is 50.0 Å². The summed E-state index contributed by atoms with van der Waals surface area (Å²) < 4.78 is 18.9. The first kappa shape index (κ1) is 18.5. The Balaban J connectivity index is 0.00000220. The van der Waals surface area contributed by atoms with Crippen LogP contribution in [0.5, 0.6) is 11.5 Å². The van der Waals surface area contributed by atoms with Crippen molar-refractivity contribution in [1.82, 2.24) is 10.2 Å². The van der Waals surface area contributed by atoms with Gasteiger partial charge in [-0.2, -0.15) is 0 Å². The molecule has 0 unspecified atom stereocenters. The predicted molar refractivity (Wildman–Crippen MR) is 87.4 cm³/mol. The second-order valence-corrected chi connectivity index (χ2v) is 5.74. The van der Waals surface area contributed by atoms with Gasteiger partial charge in [-0.25, -0.2) is 0 Å². The van der Waals surface area contributed by atoms with Gasteiger partial charge in [-0.05, 0) is 18.6 Å². The molecule has 1 saturated heterocycles. The molecular weight excluding hydrogens is 363 g/mol. The zero-order chi connectivity index (χ0) is 14.5. The second kappa shape index (κ2) is 8.78. The first-order chi connectivity index (χ1) is 9.67. The van der Waals surface area contributed by atoms with Crippen molar-refractivity contribution in [1.29, 1.82) is 0 Å². The molecule has 0 radical (unpaired) electrons. The minimum absolute atomic E-state index is 0. The third kappa shape index (κ3) is 4.45. The summed E-state index contributed by atoms with van der Waals surface area (Å²) in [7, 11) is 1.51. The van der Waals surface area contributed by atoms with Crippen LogP contribution >= 0.6 is 28.3 Å². The molecule has 0 amide bonds. The van der Waals surface area contributed by atoms with Crippen LogP contribution < -0.4 is 10.1 Å². The molecule has 0 bridgehead atoms. The van der Waals surface area contributed by atoms with E-state index in [2.05, 4.69) is 26.1 Å². The highest BCUT2D eigenvalue weighted by molar-refractivity contribution is 9.10. The summed E-state index contributed by atoms with van der Waals surface area (Å²) in [4.78, 5) is 2.21. The van der Waals surface area contributed by atoms with Gasteiger partial charge in [0.1, 0.15) is 0 Å². The van der Waals surface area contributed by atoms with E-state index in [4.69, 9.17) is 4.74 Å². The molecule has 1 atom stereocenters. The molecule has 1 aromatic rings. The highest BCUT2D eigenvalue weighted by atomic mass is 79.9. The van der Waals surface area contributed by atoms with Crippen molar-refractivity contribution in [2.45, 2.75) is 12.5 Å². The summed E-state index contributed by atoms with van der Waals surface area (Å²) in [6, 6.07) is 3.43. The quantitative estimate of drug-likeness (QED) is 0.821. The average molecular weight is 384 g/mol. The lowest BCUT2D eigenvalue weighted by Crippen LogP contribution is -2.45. The second-order valence-electron chi connectivity index (χ2n) is 4.83. The molecule has 1 heterocycles. The fourth-order valence-corrected chi connectivity index (χ4v) is 3.09. The fourth-order valence-electron chi connectivity index (χ4n) is 2.64. The monoisotopic (exact) mass is 382 g/mol. The van der Waals surface area contributed by atoms with Crippen LogP contribution in [0, 0.1) is 0 Å². The number of methoxy groups -OCH3 is 1. The lowest BCUT2D eigenvalue weighted by Gasteiger charge is -2.35. The van der Waals surface area contributed by atoms with E-state index in [0.29, 0.717) is 12.2 Å². The Kier molecular flexibility index (Phi) is 7.73. The number of benzene rings is 1. The molecule has 1 aliphatic rings. The maximum Gasteiger partial charge on any atom is 0.162 e. The lowest BCUT2D eigenvalue weighted by molar-refractivity contribution is 0.154. The Morgan fingerprint density at radius 3 is 2.67 bits per heavy atom. The van der Waals surface area contributed by atoms with E-state index in [1.54, 1.807) is 6.07 Å². The van der Waals surface area contributed by atoms with E-state index in [0.717, 1.165) is 36.2 Å². The number of phenols is 1. The van der Waals surface area contributed by atoms with Crippen LogP contribution in [0.1, 0.15) is 18.0 Å². The summed E-state index contributed by atoms with van der Waals surface area (Å²) in [5, 5.41) is 13.6. The molecule has 1 fully saturated rings. The minimum Gasteiger partial charge on any atom is -0.504 e. The first-order valence-corrected chi connectivity index (χ1v) is 7.53. The summed E-state index contributed by atoms with van der Waals surface area (Å²) >= 11 is 3.42. The number of halogens is 3. The molecule has 0 saturated carbocycles. The smallest absolute Gasteiger partial charge is 0.162 e. The topological polar surface area (TPSA) is 44.7 Å². The van der Waals surface area contributed by atoms with Crippen LogP contribution in [0.4, 0.5) is 4.39 Å². The highest BCUT2D eigenvalue weighted by Gasteiger charge is 2.26. The third-order valence-electron chi connectivity index (χ3n) is 3.62. The molecule has 120 valence electrons. The molecule has 1 aliphatic heterocycles. The molecule has 1 aromatic carbocycles. The number of aromatic hydroxyl groups is 1. The average Bonchev–Trinajstić information content (AvgIpc) is 2.48. The Labute approximate surface area is 139 Å². The van der Waals surface area contributed by atoms with Crippen molar-refractivity contribution in [3.05, 3.63) is 22.2 Å². The summed E-state index contributed by atoms with van der Waals surface area (Å²) in [5.41, 5.74) is 0.718. The van der Waals surface area contributed by atoms with Gasteiger partial charge in [-0.15, -0.1) is 12.4 Å². The minimum atomic E-state index is -0.414. The van der Waals surface area contributed by atoms with E-state index >= 15 is 0 Å². The number of alkyl halides is 1. The van der Waals surface area contributed by atoms with Gasteiger partial charge in [0, 0.05) is 42.3 Å². The molecule has 0 aromatic heterocycles. The molecule has 0 aliphatic carbocycles. The van der Waals surface area contributed by atoms with Crippen molar-refractivity contribution >= 4 is 28.3 Å². The zero-order valence-electron chi connectivity index (χ0n) is 11.9. The van der Waals surface area contributed by atoms with Crippen LogP contribution in [0.25, 0.3) is 0 Å².